The normalized spacial score (nSPS) is 17.9. The molecule has 0 spiro atoms. The Hall–Kier alpha value is -3.61. The van der Waals surface area contributed by atoms with Crippen molar-refractivity contribution in [3.05, 3.63) is 64.7 Å². The molecule has 3 heterocycles. The SMILES string of the molecule is O=C(/C=C1\NCCc2cc3c(cc21)OCO3)CCN1C(=O)c2ccccc2C1=O. The van der Waals surface area contributed by atoms with E-state index in [0.29, 0.717) is 23.4 Å². The van der Waals surface area contributed by atoms with Gasteiger partial charge in [0.2, 0.25) is 6.79 Å². The minimum Gasteiger partial charge on any atom is -0.454 e. The number of imide groups is 1. The van der Waals surface area contributed by atoms with Crippen LogP contribution in [0.1, 0.15) is 38.3 Å². The molecular weight excluding hydrogens is 372 g/mol. The highest BCUT2D eigenvalue weighted by Crippen LogP contribution is 2.38. The number of carbonyl (C=O) groups excluding carboxylic acids is 3. The largest absolute Gasteiger partial charge is 0.454 e. The molecule has 1 N–H and O–H groups in total. The molecule has 3 aliphatic rings. The maximum Gasteiger partial charge on any atom is 0.261 e. The van der Waals surface area contributed by atoms with E-state index >= 15 is 0 Å². The maximum absolute atomic E-state index is 12.6. The number of benzene rings is 2. The van der Waals surface area contributed by atoms with Crippen LogP contribution >= 0.6 is 0 Å². The van der Waals surface area contributed by atoms with Gasteiger partial charge in [-0.25, -0.2) is 0 Å². The van der Waals surface area contributed by atoms with E-state index in [4.69, 9.17) is 9.47 Å². The molecule has 2 aromatic carbocycles. The second-order valence-corrected chi connectivity index (χ2v) is 7.12. The summed E-state index contributed by atoms with van der Waals surface area (Å²) >= 11 is 0. The molecule has 0 radical (unpaired) electrons. The lowest BCUT2D eigenvalue weighted by molar-refractivity contribution is -0.114. The summed E-state index contributed by atoms with van der Waals surface area (Å²) in [5.74, 6) is 0.535. The monoisotopic (exact) mass is 390 g/mol. The Morgan fingerprint density at radius 1 is 1.03 bits per heavy atom. The molecule has 146 valence electrons. The van der Waals surface area contributed by atoms with Crippen LogP contribution in [0, 0.1) is 0 Å². The molecule has 0 fully saturated rings. The number of ether oxygens (including phenoxy) is 2. The molecule has 0 saturated heterocycles. The summed E-state index contributed by atoms with van der Waals surface area (Å²) in [7, 11) is 0. The second-order valence-electron chi connectivity index (χ2n) is 7.12. The Balaban J connectivity index is 1.32. The van der Waals surface area contributed by atoms with Crippen molar-refractivity contribution in [1.29, 1.82) is 0 Å². The molecule has 2 amide bonds. The van der Waals surface area contributed by atoms with Crippen molar-refractivity contribution in [1.82, 2.24) is 10.2 Å². The van der Waals surface area contributed by atoms with Gasteiger partial charge in [0, 0.05) is 36.8 Å². The van der Waals surface area contributed by atoms with Gasteiger partial charge in [-0.3, -0.25) is 19.3 Å². The van der Waals surface area contributed by atoms with E-state index < -0.39 is 0 Å². The molecule has 0 bridgehead atoms. The summed E-state index contributed by atoms with van der Waals surface area (Å²) < 4.78 is 10.9. The quantitative estimate of drug-likeness (QED) is 0.636. The van der Waals surface area contributed by atoms with Crippen LogP contribution in [0.15, 0.2) is 42.5 Å². The van der Waals surface area contributed by atoms with E-state index in [9.17, 15) is 14.4 Å². The lowest BCUT2D eigenvalue weighted by Crippen LogP contribution is -2.32. The van der Waals surface area contributed by atoms with E-state index in [2.05, 4.69) is 5.32 Å². The molecular formula is C22H18N2O5. The van der Waals surface area contributed by atoms with E-state index in [-0.39, 0.29) is 37.4 Å². The van der Waals surface area contributed by atoms with Crippen LogP contribution in [-0.4, -0.2) is 42.4 Å². The summed E-state index contributed by atoms with van der Waals surface area (Å²) in [6.45, 7) is 0.969. The van der Waals surface area contributed by atoms with E-state index in [1.165, 1.54) is 0 Å². The van der Waals surface area contributed by atoms with Crippen LogP contribution < -0.4 is 14.8 Å². The van der Waals surface area contributed by atoms with Gasteiger partial charge in [-0.2, -0.15) is 0 Å². The van der Waals surface area contributed by atoms with Gasteiger partial charge in [0.15, 0.2) is 17.3 Å². The van der Waals surface area contributed by atoms with Crippen LogP contribution in [0.5, 0.6) is 11.5 Å². The first-order chi connectivity index (χ1) is 14.1. The first kappa shape index (κ1) is 17.5. The summed E-state index contributed by atoms with van der Waals surface area (Å²) in [5.41, 5.74) is 3.50. The van der Waals surface area contributed by atoms with Gasteiger partial charge in [0.25, 0.3) is 11.8 Å². The Labute approximate surface area is 166 Å². The average Bonchev–Trinajstić information content (AvgIpc) is 3.28. The van der Waals surface area contributed by atoms with Gasteiger partial charge >= 0.3 is 0 Å². The Morgan fingerprint density at radius 3 is 2.45 bits per heavy atom. The van der Waals surface area contributed by atoms with Crippen LogP contribution in [0.25, 0.3) is 5.70 Å². The van der Waals surface area contributed by atoms with E-state index in [0.717, 1.165) is 33.9 Å². The number of ketones is 1. The number of carbonyl (C=O) groups is 3. The molecule has 0 aromatic heterocycles. The van der Waals surface area contributed by atoms with Crippen LogP contribution in [0.4, 0.5) is 0 Å². The van der Waals surface area contributed by atoms with Crippen LogP contribution in [-0.2, 0) is 11.2 Å². The third-order valence-corrected chi connectivity index (χ3v) is 5.36. The zero-order valence-electron chi connectivity index (χ0n) is 15.6. The molecule has 0 atom stereocenters. The summed E-state index contributed by atoms with van der Waals surface area (Å²) in [5, 5.41) is 3.25. The third-order valence-electron chi connectivity index (χ3n) is 5.36. The molecule has 29 heavy (non-hydrogen) atoms. The number of rotatable bonds is 4. The van der Waals surface area contributed by atoms with Crippen molar-refractivity contribution in [2.75, 3.05) is 19.9 Å². The molecule has 0 unspecified atom stereocenters. The predicted molar refractivity (Wildman–Crippen MR) is 104 cm³/mol. The molecule has 2 aromatic rings. The van der Waals surface area contributed by atoms with Crippen molar-refractivity contribution in [3.8, 4) is 11.5 Å². The Kier molecular flexibility index (Phi) is 4.08. The third kappa shape index (κ3) is 2.95. The van der Waals surface area contributed by atoms with Gasteiger partial charge in [0.1, 0.15) is 0 Å². The number of allylic oxidation sites excluding steroid dienone is 1. The van der Waals surface area contributed by atoms with Gasteiger partial charge in [0.05, 0.1) is 11.1 Å². The first-order valence-corrected chi connectivity index (χ1v) is 9.48. The van der Waals surface area contributed by atoms with Crippen molar-refractivity contribution >= 4 is 23.3 Å². The highest BCUT2D eigenvalue weighted by atomic mass is 16.7. The number of nitrogens with zero attached hydrogens (tertiary/aromatic N) is 1. The Bertz CT molecular complexity index is 1050. The summed E-state index contributed by atoms with van der Waals surface area (Å²) in [4.78, 5) is 38.6. The number of nitrogens with one attached hydrogen (secondary N) is 1. The predicted octanol–water partition coefficient (Wildman–Crippen LogP) is 2.16. The summed E-state index contributed by atoms with van der Waals surface area (Å²) in [6, 6.07) is 10.5. The fourth-order valence-corrected chi connectivity index (χ4v) is 3.89. The zero-order valence-corrected chi connectivity index (χ0v) is 15.6. The number of amides is 2. The molecule has 7 heteroatoms. The van der Waals surface area contributed by atoms with Crippen molar-refractivity contribution in [3.63, 3.8) is 0 Å². The lowest BCUT2D eigenvalue weighted by atomic mass is 9.96. The number of hydrogen-bond donors (Lipinski definition) is 1. The van der Waals surface area contributed by atoms with Gasteiger partial charge in [-0.15, -0.1) is 0 Å². The van der Waals surface area contributed by atoms with Crippen LogP contribution in [0.2, 0.25) is 0 Å². The molecule has 3 aliphatic heterocycles. The minimum atomic E-state index is -0.347. The highest BCUT2D eigenvalue weighted by molar-refractivity contribution is 6.21. The summed E-state index contributed by atoms with van der Waals surface area (Å²) in [6.07, 6.45) is 2.43. The lowest BCUT2D eigenvalue weighted by Gasteiger charge is -2.21. The minimum absolute atomic E-state index is 0.0585. The molecule has 0 aliphatic carbocycles. The maximum atomic E-state index is 12.6. The zero-order chi connectivity index (χ0) is 20.0. The van der Waals surface area contributed by atoms with E-state index in [1.807, 2.05) is 12.1 Å². The molecule has 0 saturated carbocycles. The van der Waals surface area contributed by atoms with Crippen molar-refractivity contribution in [2.45, 2.75) is 12.8 Å². The van der Waals surface area contributed by atoms with Crippen molar-refractivity contribution < 1.29 is 23.9 Å². The first-order valence-electron chi connectivity index (χ1n) is 9.48. The molecule has 5 rings (SSSR count). The number of fused-ring (bicyclic) bond motifs is 3. The highest BCUT2D eigenvalue weighted by Gasteiger charge is 2.34. The second kappa shape index (κ2) is 6.77. The number of hydrogen-bond acceptors (Lipinski definition) is 6. The smallest absolute Gasteiger partial charge is 0.261 e. The van der Waals surface area contributed by atoms with E-state index in [1.54, 1.807) is 30.3 Å². The van der Waals surface area contributed by atoms with Gasteiger partial charge in [-0.05, 0) is 36.2 Å². The van der Waals surface area contributed by atoms with Crippen LogP contribution in [0.3, 0.4) is 0 Å². The van der Waals surface area contributed by atoms with Gasteiger partial charge in [-0.1, -0.05) is 12.1 Å². The van der Waals surface area contributed by atoms with Crippen molar-refractivity contribution in [2.24, 2.45) is 0 Å². The average molecular weight is 390 g/mol. The molecule has 7 nitrogen and oxygen atoms in total. The fraction of sp³-hybridized carbons (Fsp3) is 0.227. The fourth-order valence-electron chi connectivity index (χ4n) is 3.89. The van der Waals surface area contributed by atoms with Gasteiger partial charge < -0.3 is 14.8 Å². The topological polar surface area (TPSA) is 84.9 Å². The Morgan fingerprint density at radius 2 is 1.72 bits per heavy atom. The standard InChI is InChI=1S/C22H18N2O5/c25-14(6-8-24-21(26)15-3-1-2-4-16(15)22(24)27)10-18-17-11-20-19(28-12-29-20)9-13(17)5-7-23-18/h1-4,9-11,23H,5-8,12H2/b18-10-.